The van der Waals surface area contributed by atoms with Crippen LogP contribution in [0, 0.1) is 27.9 Å². The van der Waals surface area contributed by atoms with Gasteiger partial charge in [-0.15, -0.1) is 0 Å². The zero-order valence-corrected chi connectivity index (χ0v) is 25.1. The van der Waals surface area contributed by atoms with E-state index in [1.54, 1.807) is 13.0 Å². The molecule has 12 nitrogen and oxygen atoms in total. The van der Waals surface area contributed by atoms with Crippen LogP contribution in [0.15, 0.2) is 39.8 Å². The van der Waals surface area contributed by atoms with Gasteiger partial charge in [-0.1, -0.05) is 13.8 Å². The molecule has 8 atom stereocenters. The number of carbonyl (C=O) groups excluding carboxylic acids is 3. The van der Waals surface area contributed by atoms with Crippen molar-refractivity contribution in [3.8, 4) is 17.1 Å². The Bertz CT molecular complexity index is 1520. The number of aliphatic hydroxyl groups excluding tert-OH is 1. The number of hydrogen-bond acceptors (Lipinski definition) is 11. The zero-order chi connectivity index (χ0) is 31.5. The van der Waals surface area contributed by atoms with Crippen molar-refractivity contribution >= 4 is 17.9 Å². The van der Waals surface area contributed by atoms with E-state index in [0.717, 1.165) is 0 Å². The molecule has 3 aliphatic rings. The second-order valence-corrected chi connectivity index (χ2v) is 12.7. The van der Waals surface area contributed by atoms with Crippen LogP contribution in [0.2, 0.25) is 0 Å². The lowest BCUT2D eigenvalue weighted by Gasteiger charge is -2.66. The quantitative estimate of drug-likeness (QED) is 0.232. The minimum Gasteiger partial charge on any atom is -0.619 e. The molecule has 2 aromatic rings. The summed E-state index contributed by atoms with van der Waals surface area (Å²) in [5, 5.41) is 23.9. The third kappa shape index (κ3) is 5.05. The summed E-state index contributed by atoms with van der Waals surface area (Å²) in [6, 6.07) is 4.56. The average Bonchev–Trinajstić information content (AvgIpc) is 2.89. The maximum absolute atomic E-state index is 13.4. The predicted molar refractivity (Wildman–Crippen MR) is 148 cm³/mol. The van der Waals surface area contributed by atoms with E-state index in [1.807, 2.05) is 13.8 Å². The van der Waals surface area contributed by atoms with Crippen LogP contribution < -0.4 is 15.1 Å². The molecule has 0 radical (unpaired) electrons. The van der Waals surface area contributed by atoms with Crippen LogP contribution in [0.1, 0.15) is 72.5 Å². The highest BCUT2D eigenvalue weighted by atomic mass is 16.6. The highest BCUT2D eigenvalue weighted by molar-refractivity contribution is 5.67. The number of pyridine rings is 1. The third-order valence-electron chi connectivity index (χ3n) is 9.84. The van der Waals surface area contributed by atoms with Crippen molar-refractivity contribution < 1.29 is 47.6 Å². The second-order valence-electron chi connectivity index (χ2n) is 12.7. The van der Waals surface area contributed by atoms with Crippen LogP contribution in [0.3, 0.4) is 0 Å². The Hall–Kier alpha value is -3.93. The molecular weight excluding hydrogens is 562 g/mol. The Morgan fingerprint density at radius 1 is 1.09 bits per heavy atom. The van der Waals surface area contributed by atoms with E-state index in [0.29, 0.717) is 23.1 Å². The average molecular weight is 600 g/mol. The molecule has 5 rings (SSSR count). The van der Waals surface area contributed by atoms with Crippen LogP contribution >= 0.6 is 0 Å². The Balaban J connectivity index is 1.66. The number of nitrogens with zero attached hydrogens (tertiary/aromatic N) is 1. The van der Waals surface area contributed by atoms with Crippen molar-refractivity contribution in [1.82, 2.24) is 0 Å². The van der Waals surface area contributed by atoms with Crippen LogP contribution in [0.5, 0.6) is 5.75 Å². The molecule has 0 saturated heterocycles. The second kappa shape index (κ2) is 10.7. The Labute approximate surface area is 248 Å². The molecule has 3 unspecified atom stereocenters. The molecule has 12 heteroatoms. The highest BCUT2D eigenvalue weighted by Gasteiger charge is 2.70. The summed E-state index contributed by atoms with van der Waals surface area (Å²) in [6.45, 7) is 9.41. The van der Waals surface area contributed by atoms with Crippen molar-refractivity contribution in [3.05, 3.63) is 51.8 Å². The van der Waals surface area contributed by atoms with Gasteiger partial charge in [-0.2, -0.15) is 4.73 Å². The van der Waals surface area contributed by atoms with Gasteiger partial charge in [0.15, 0.2) is 12.4 Å². The Morgan fingerprint density at radius 2 is 1.77 bits per heavy atom. The first kappa shape index (κ1) is 30.5. The van der Waals surface area contributed by atoms with Gasteiger partial charge >= 0.3 is 23.5 Å². The molecule has 232 valence electrons. The smallest absolute Gasteiger partial charge is 0.345 e. The normalized spacial score (nSPS) is 34.4. The largest absolute Gasteiger partial charge is 0.619 e. The van der Waals surface area contributed by atoms with E-state index >= 15 is 0 Å². The number of fused-ring (bicyclic) bond motifs is 4. The molecule has 1 aliphatic heterocycles. The maximum atomic E-state index is 13.4. The van der Waals surface area contributed by atoms with E-state index in [9.17, 15) is 29.5 Å². The first-order valence-corrected chi connectivity index (χ1v) is 14.3. The molecule has 0 amide bonds. The van der Waals surface area contributed by atoms with Gasteiger partial charge in [0.25, 0.3) is 0 Å². The molecule has 2 fully saturated rings. The summed E-state index contributed by atoms with van der Waals surface area (Å²) in [5.74, 6) is -2.62. The standard InChI is InChI=1S/C31H37NO11/c1-16(33)39-15-30(5)22-13-24(41-18(3)35)31(6)27(29(22,4)10-9-23(30)40-17(2)34)26(36)25-21(43-31)12-20(42-28(25)37)19-8-7-11-32(38)14-19/h7-8,11-12,14,22-24,26-27,36H,9-10,13,15H2,1-6H3/t22?,23-,24-,26-,27?,29-,30?,31+/m0/s1. The summed E-state index contributed by atoms with van der Waals surface area (Å²) >= 11 is 0. The number of aromatic nitrogens is 1. The summed E-state index contributed by atoms with van der Waals surface area (Å²) in [5.41, 5.74) is -3.58. The van der Waals surface area contributed by atoms with Crippen LogP contribution in [0.25, 0.3) is 11.3 Å². The van der Waals surface area contributed by atoms with E-state index < -0.39 is 70.1 Å². The van der Waals surface area contributed by atoms with E-state index in [1.165, 1.54) is 45.3 Å². The molecule has 0 spiro atoms. The number of hydrogen-bond donors (Lipinski definition) is 1. The number of aliphatic hydroxyl groups is 1. The van der Waals surface area contributed by atoms with Gasteiger partial charge in [0.1, 0.15) is 41.5 Å². The fraction of sp³-hybridized carbons (Fsp3) is 0.581. The van der Waals surface area contributed by atoms with Gasteiger partial charge in [0.05, 0.1) is 11.7 Å². The van der Waals surface area contributed by atoms with E-state index in [2.05, 4.69) is 0 Å². The maximum Gasteiger partial charge on any atom is 0.345 e. The molecule has 2 aliphatic carbocycles. The minimum absolute atomic E-state index is 0.0641. The van der Waals surface area contributed by atoms with Gasteiger partial charge in [-0.05, 0) is 43.6 Å². The van der Waals surface area contributed by atoms with Crippen LogP contribution in [-0.4, -0.2) is 47.4 Å². The summed E-state index contributed by atoms with van der Waals surface area (Å²) in [7, 11) is 0. The minimum atomic E-state index is -1.40. The molecule has 0 aromatic carbocycles. The van der Waals surface area contributed by atoms with Gasteiger partial charge < -0.3 is 33.7 Å². The third-order valence-corrected chi connectivity index (χ3v) is 9.84. The van der Waals surface area contributed by atoms with Crippen LogP contribution in [0.4, 0.5) is 0 Å². The van der Waals surface area contributed by atoms with Crippen molar-refractivity contribution in [2.24, 2.45) is 22.7 Å². The number of esters is 3. The Morgan fingerprint density at radius 3 is 2.40 bits per heavy atom. The predicted octanol–water partition coefficient (Wildman–Crippen LogP) is 2.99. The van der Waals surface area contributed by atoms with Gasteiger partial charge in [0, 0.05) is 44.2 Å². The summed E-state index contributed by atoms with van der Waals surface area (Å²) in [4.78, 5) is 49.9. The van der Waals surface area contributed by atoms with Gasteiger partial charge in [-0.25, -0.2) is 4.79 Å². The van der Waals surface area contributed by atoms with Gasteiger partial charge in [0.2, 0.25) is 0 Å². The van der Waals surface area contributed by atoms with Crippen molar-refractivity contribution in [1.29, 1.82) is 0 Å². The van der Waals surface area contributed by atoms with E-state index in [-0.39, 0.29) is 30.1 Å². The lowest BCUT2D eigenvalue weighted by atomic mass is 9.42. The van der Waals surface area contributed by atoms with Crippen molar-refractivity contribution in [3.63, 3.8) is 0 Å². The highest BCUT2D eigenvalue weighted by Crippen LogP contribution is 2.67. The lowest BCUT2D eigenvalue weighted by Crippen LogP contribution is -2.71. The topological polar surface area (TPSA) is 166 Å². The first-order chi connectivity index (χ1) is 20.1. The summed E-state index contributed by atoms with van der Waals surface area (Å²) < 4.78 is 29.9. The molecule has 2 saturated carbocycles. The van der Waals surface area contributed by atoms with E-state index in [4.69, 9.17) is 23.4 Å². The molecular formula is C31H37NO11. The SMILES string of the molecule is CC(=O)OCC1(C)C2C[C@H](OC(C)=O)[C@@]3(C)Oc4cc(-c5ccc[n+]([O-])c5)oc(=O)c4[C@H](O)C3[C@@]2(C)CC[C@@H]1OC(C)=O. The fourth-order valence-corrected chi connectivity index (χ4v) is 8.13. The number of rotatable bonds is 5. The van der Waals surface area contributed by atoms with Crippen LogP contribution in [-0.2, 0) is 28.6 Å². The van der Waals surface area contributed by atoms with Gasteiger partial charge in [-0.3, -0.25) is 14.4 Å². The van der Waals surface area contributed by atoms with Crippen molar-refractivity contribution in [2.75, 3.05) is 6.61 Å². The fourth-order valence-electron chi connectivity index (χ4n) is 8.13. The first-order valence-electron chi connectivity index (χ1n) is 14.3. The number of carbonyl (C=O) groups is 3. The number of ether oxygens (including phenoxy) is 4. The molecule has 0 bridgehead atoms. The lowest BCUT2D eigenvalue weighted by molar-refractivity contribution is -0.604. The molecule has 2 aromatic heterocycles. The summed E-state index contributed by atoms with van der Waals surface area (Å²) in [6.07, 6.45) is 0.711. The molecule has 1 N–H and O–H groups in total. The molecule has 3 heterocycles. The molecule has 43 heavy (non-hydrogen) atoms. The zero-order valence-electron chi connectivity index (χ0n) is 25.1. The Kier molecular flexibility index (Phi) is 7.56. The monoisotopic (exact) mass is 599 g/mol. The van der Waals surface area contributed by atoms with Crippen molar-refractivity contribution in [2.45, 2.75) is 84.7 Å².